The van der Waals surface area contributed by atoms with Crippen LogP contribution in [0.25, 0.3) is 0 Å². The summed E-state index contributed by atoms with van der Waals surface area (Å²) in [5.41, 5.74) is 1.40. The molecule has 0 aromatic carbocycles. The van der Waals surface area contributed by atoms with Crippen LogP contribution < -0.4 is 10.2 Å². The summed E-state index contributed by atoms with van der Waals surface area (Å²) < 4.78 is 0. The maximum atomic E-state index is 4.97. The molecule has 0 amide bonds. The van der Waals surface area contributed by atoms with Crippen molar-refractivity contribution in [1.82, 2.24) is 10.3 Å². The lowest BCUT2D eigenvalue weighted by Gasteiger charge is -2.29. The molecule has 20 heavy (non-hydrogen) atoms. The standard InChI is InChI=1S/C16H27N3S/c1-3-9-17-10-14-15(13-7-8-13)18-16(20-14)19(2)11-12-5-4-6-12/h12-13,17H,3-11H2,1-2H3. The van der Waals surface area contributed by atoms with Gasteiger partial charge in [-0.15, -0.1) is 11.3 Å². The van der Waals surface area contributed by atoms with Crippen molar-refractivity contribution in [3.8, 4) is 0 Å². The molecule has 1 aromatic heterocycles. The van der Waals surface area contributed by atoms with E-state index in [9.17, 15) is 0 Å². The fraction of sp³-hybridized carbons (Fsp3) is 0.812. The second-order valence-electron chi connectivity index (χ2n) is 6.43. The molecule has 1 heterocycles. The first kappa shape index (κ1) is 14.3. The molecular formula is C16H27N3S. The number of aromatic nitrogens is 1. The van der Waals surface area contributed by atoms with E-state index in [0.717, 1.165) is 24.9 Å². The van der Waals surface area contributed by atoms with Crippen LogP contribution in [0.2, 0.25) is 0 Å². The summed E-state index contributed by atoms with van der Waals surface area (Å²) in [5, 5.41) is 4.78. The molecule has 4 heteroatoms. The third-order valence-electron chi connectivity index (χ3n) is 4.48. The minimum Gasteiger partial charge on any atom is -0.351 e. The summed E-state index contributed by atoms with van der Waals surface area (Å²) in [4.78, 5) is 8.84. The van der Waals surface area contributed by atoms with Gasteiger partial charge < -0.3 is 10.2 Å². The first-order valence-electron chi connectivity index (χ1n) is 8.19. The van der Waals surface area contributed by atoms with E-state index in [4.69, 9.17) is 4.98 Å². The van der Waals surface area contributed by atoms with E-state index in [2.05, 4.69) is 24.2 Å². The minimum atomic E-state index is 0.760. The average Bonchev–Trinajstić information content (AvgIpc) is 3.15. The molecule has 0 aliphatic heterocycles. The van der Waals surface area contributed by atoms with Crippen molar-refractivity contribution < 1.29 is 0 Å². The van der Waals surface area contributed by atoms with Crippen LogP contribution >= 0.6 is 11.3 Å². The third-order valence-corrected chi connectivity index (χ3v) is 5.66. The number of nitrogens with zero attached hydrogens (tertiary/aromatic N) is 2. The van der Waals surface area contributed by atoms with Gasteiger partial charge in [-0.25, -0.2) is 4.98 Å². The molecule has 0 radical (unpaired) electrons. The minimum absolute atomic E-state index is 0.760. The van der Waals surface area contributed by atoms with E-state index >= 15 is 0 Å². The highest BCUT2D eigenvalue weighted by Gasteiger charge is 2.30. The maximum Gasteiger partial charge on any atom is 0.185 e. The number of nitrogens with one attached hydrogen (secondary N) is 1. The van der Waals surface area contributed by atoms with Crippen LogP contribution in [-0.4, -0.2) is 25.1 Å². The van der Waals surface area contributed by atoms with E-state index < -0.39 is 0 Å². The van der Waals surface area contributed by atoms with Crippen molar-refractivity contribution in [3.05, 3.63) is 10.6 Å². The average molecular weight is 293 g/mol. The SMILES string of the molecule is CCCNCc1sc(N(C)CC2CCC2)nc1C1CC1. The summed E-state index contributed by atoms with van der Waals surface area (Å²) >= 11 is 1.92. The molecule has 3 rings (SSSR count). The highest BCUT2D eigenvalue weighted by Crippen LogP contribution is 2.44. The Morgan fingerprint density at radius 1 is 1.30 bits per heavy atom. The number of anilines is 1. The Morgan fingerprint density at radius 2 is 2.10 bits per heavy atom. The predicted molar refractivity (Wildman–Crippen MR) is 86.7 cm³/mol. The smallest absolute Gasteiger partial charge is 0.185 e. The first-order chi connectivity index (χ1) is 9.78. The number of thiazole rings is 1. The quantitative estimate of drug-likeness (QED) is 0.740. The van der Waals surface area contributed by atoms with E-state index in [0.29, 0.717) is 0 Å². The first-order valence-corrected chi connectivity index (χ1v) is 9.01. The van der Waals surface area contributed by atoms with Crippen LogP contribution in [0.5, 0.6) is 0 Å². The molecule has 3 nitrogen and oxygen atoms in total. The Kier molecular flexibility index (Phi) is 4.61. The van der Waals surface area contributed by atoms with Crippen LogP contribution in [0.4, 0.5) is 5.13 Å². The summed E-state index contributed by atoms with van der Waals surface area (Å²) in [6.07, 6.45) is 8.14. The molecule has 0 atom stereocenters. The van der Waals surface area contributed by atoms with Gasteiger partial charge >= 0.3 is 0 Å². The fourth-order valence-corrected chi connectivity index (χ4v) is 3.92. The summed E-state index contributed by atoms with van der Waals surface area (Å²) in [6, 6.07) is 0. The van der Waals surface area contributed by atoms with E-state index in [1.165, 1.54) is 60.8 Å². The molecule has 2 aliphatic carbocycles. The highest BCUT2D eigenvalue weighted by atomic mass is 32.1. The molecule has 112 valence electrons. The normalized spacial score (nSPS) is 19.1. The fourth-order valence-electron chi connectivity index (χ4n) is 2.84. The predicted octanol–water partition coefficient (Wildman–Crippen LogP) is 3.76. The van der Waals surface area contributed by atoms with Gasteiger partial charge in [-0.2, -0.15) is 0 Å². The van der Waals surface area contributed by atoms with Crippen molar-refractivity contribution in [2.24, 2.45) is 5.92 Å². The van der Waals surface area contributed by atoms with Gasteiger partial charge in [-0.3, -0.25) is 0 Å². The zero-order valence-corrected chi connectivity index (χ0v) is 13.6. The van der Waals surface area contributed by atoms with Crippen molar-refractivity contribution in [2.75, 3.05) is 25.0 Å². The maximum absolute atomic E-state index is 4.97. The number of rotatable bonds is 8. The topological polar surface area (TPSA) is 28.2 Å². The lowest BCUT2D eigenvalue weighted by Crippen LogP contribution is -2.29. The van der Waals surface area contributed by atoms with Crippen LogP contribution in [0.1, 0.15) is 61.9 Å². The molecule has 0 saturated heterocycles. The Labute approximate surface area is 126 Å². The second kappa shape index (κ2) is 6.44. The van der Waals surface area contributed by atoms with Crippen molar-refractivity contribution in [1.29, 1.82) is 0 Å². The largest absolute Gasteiger partial charge is 0.351 e. The molecule has 2 saturated carbocycles. The van der Waals surface area contributed by atoms with Crippen molar-refractivity contribution >= 4 is 16.5 Å². The number of hydrogen-bond donors (Lipinski definition) is 1. The zero-order chi connectivity index (χ0) is 13.9. The van der Waals surface area contributed by atoms with Gasteiger partial charge in [0.2, 0.25) is 0 Å². The van der Waals surface area contributed by atoms with Gasteiger partial charge in [0.1, 0.15) is 0 Å². The van der Waals surface area contributed by atoms with Gasteiger partial charge in [0.05, 0.1) is 5.69 Å². The summed E-state index contributed by atoms with van der Waals surface area (Å²) in [7, 11) is 2.22. The van der Waals surface area contributed by atoms with Gasteiger partial charge in [0, 0.05) is 30.9 Å². The van der Waals surface area contributed by atoms with Crippen LogP contribution in [0, 0.1) is 5.92 Å². The molecule has 2 aliphatic rings. The monoisotopic (exact) mass is 293 g/mol. The van der Waals surface area contributed by atoms with E-state index in [1.807, 2.05) is 11.3 Å². The Bertz CT molecular complexity index is 435. The summed E-state index contributed by atoms with van der Waals surface area (Å²) in [5.74, 6) is 1.67. The molecule has 0 unspecified atom stereocenters. The van der Waals surface area contributed by atoms with Crippen LogP contribution in [0.15, 0.2) is 0 Å². The highest BCUT2D eigenvalue weighted by molar-refractivity contribution is 7.15. The Hall–Kier alpha value is -0.610. The molecule has 0 bridgehead atoms. The van der Waals surface area contributed by atoms with Gasteiger partial charge in [-0.1, -0.05) is 13.3 Å². The zero-order valence-electron chi connectivity index (χ0n) is 12.8. The number of hydrogen-bond acceptors (Lipinski definition) is 4. The van der Waals surface area contributed by atoms with E-state index in [1.54, 1.807) is 0 Å². The van der Waals surface area contributed by atoms with Gasteiger partial charge in [-0.05, 0) is 44.6 Å². The third kappa shape index (κ3) is 3.34. The Morgan fingerprint density at radius 3 is 2.70 bits per heavy atom. The molecule has 1 aromatic rings. The van der Waals surface area contributed by atoms with Gasteiger partial charge in [0.25, 0.3) is 0 Å². The summed E-state index contributed by atoms with van der Waals surface area (Å²) in [6.45, 7) is 5.53. The lowest BCUT2D eigenvalue weighted by molar-refractivity contribution is 0.321. The molecule has 0 spiro atoms. The van der Waals surface area contributed by atoms with Gasteiger partial charge in [0.15, 0.2) is 5.13 Å². The van der Waals surface area contributed by atoms with Crippen LogP contribution in [0.3, 0.4) is 0 Å². The molecule has 1 N–H and O–H groups in total. The van der Waals surface area contributed by atoms with Crippen molar-refractivity contribution in [2.45, 2.75) is 57.9 Å². The lowest BCUT2D eigenvalue weighted by atomic mass is 9.85. The van der Waals surface area contributed by atoms with Crippen LogP contribution in [-0.2, 0) is 6.54 Å². The molecular weight excluding hydrogens is 266 g/mol. The molecule has 2 fully saturated rings. The van der Waals surface area contributed by atoms with Crippen molar-refractivity contribution in [3.63, 3.8) is 0 Å². The van der Waals surface area contributed by atoms with E-state index in [-0.39, 0.29) is 0 Å². The second-order valence-corrected chi connectivity index (χ2v) is 7.50. The Balaban J connectivity index is 1.65.